The molecule has 3 heterocycles. The largest absolute Gasteiger partial charge is 0.451 e. The second kappa shape index (κ2) is 8.39. The van der Waals surface area contributed by atoms with E-state index in [1.54, 1.807) is 13.1 Å². The van der Waals surface area contributed by atoms with Gasteiger partial charge in [-0.1, -0.05) is 18.9 Å². The van der Waals surface area contributed by atoms with Gasteiger partial charge in [0.25, 0.3) is 5.91 Å². The predicted molar refractivity (Wildman–Crippen MR) is 107 cm³/mol. The van der Waals surface area contributed by atoms with Gasteiger partial charge in [-0.2, -0.15) is 0 Å². The van der Waals surface area contributed by atoms with E-state index in [2.05, 4.69) is 9.97 Å². The molecule has 2 aromatic rings. The third kappa shape index (κ3) is 3.94. The van der Waals surface area contributed by atoms with Gasteiger partial charge in [0.05, 0.1) is 11.4 Å². The summed E-state index contributed by atoms with van der Waals surface area (Å²) in [6, 6.07) is 5.90. The normalized spacial score (nSPS) is 21.8. The second-order valence-corrected chi connectivity index (χ2v) is 8.56. The van der Waals surface area contributed by atoms with Gasteiger partial charge in [-0.15, -0.1) is 11.3 Å². The van der Waals surface area contributed by atoms with Gasteiger partial charge in [-0.25, -0.2) is 9.78 Å². The highest BCUT2D eigenvalue weighted by atomic mass is 32.1. The Hall–Kier alpha value is -2.28. The molecule has 1 aliphatic heterocycles. The van der Waals surface area contributed by atoms with Gasteiger partial charge in [0, 0.05) is 18.8 Å². The maximum absolute atomic E-state index is 12.7. The number of likely N-dealkylation sites (tertiary alicyclic amines) is 1. The molecule has 4 rings (SSSR count). The number of nitrogens with zero attached hydrogens (tertiary/aromatic N) is 3. The Bertz CT molecular complexity index is 850. The van der Waals surface area contributed by atoms with Crippen molar-refractivity contribution < 1.29 is 14.3 Å². The van der Waals surface area contributed by atoms with E-state index in [1.807, 2.05) is 23.1 Å². The Morgan fingerprint density at radius 3 is 2.86 bits per heavy atom. The molecule has 0 radical (unpaired) electrons. The number of amides is 1. The summed E-state index contributed by atoms with van der Waals surface area (Å²) < 4.78 is 5.37. The molecule has 0 aromatic carbocycles. The van der Waals surface area contributed by atoms with Crippen molar-refractivity contribution in [3.05, 3.63) is 35.0 Å². The van der Waals surface area contributed by atoms with Crippen LogP contribution in [0.3, 0.4) is 0 Å². The summed E-state index contributed by atoms with van der Waals surface area (Å²) in [5.74, 6) is 0.0617. The minimum absolute atomic E-state index is 0.0722. The lowest BCUT2D eigenvalue weighted by atomic mass is 9.78. The van der Waals surface area contributed by atoms with Crippen LogP contribution in [0.1, 0.15) is 53.9 Å². The van der Waals surface area contributed by atoms with Crippen LogP contribution in [0.5, 0.6) is 0 Å². The summed E-state index contributed by atoms with van der Waals surface area (Å²) in [5, 5.41) is 0.678. The molecule has 2 atom stereocenters. The first-order valence-electron chi connectivity index (χ1n) is 9.99. The Morgan fingerprint density at radius 1 is 1.21 bits per heavy atom. The number of thiazole rings is 1. The number of carbonyl (C=O) groups is 2. The van der Waals surface area contributed by atoms with Gasteiger partial charge in [0.2, 0.25) is 0 Å². The van der Waals surface area contributed by atoms with Gasteiger partial charge < -0.3 is 9.64 Å². The summed E-state index contributed by atoms with van der Waals surface area (Å²) in [6.45, 7) is 2.36. The molecule has 148 valence electrons. The fraction of sp³-hybridized carbons (Fsp3) is 0.524. The van der Waals surface area contributed by atoms with Crippen LogP contribution in [0.25, 0.3) is 10.7 Å². The third-order valence-electron chi connectivity index (χ3n) is 5.76. The van der Waals surface area contributed by atoms with E-state index < -0.39 is 5.97 Å². The Labute approximate surface area is 168 Å². The molecule has 1 aliphatic carbocycles. The van der Waals surface area contributed by atoms with Crippen molar-refractivity contribution in [3.8, 4) is 10.7 Å². The quantitative estimate of drug-likeness (QED) is 0.730. The number of hydrogen-bond donors (Lipinski definition) is 0. The lowest BCUT2D eigenvalue weighted by Crippen LogP contribution is -2.50. The topological polar surface area (TPSA) is 72.4 Å². The number of esters is 1. The average Bonchev–Trinajstić information content (AvgIpc) is 3.14. The fourth-order valence-corrected chi connectivity index (χ4v) is 5.33. The highest BCUT2D eigenvalue weighted by Gasteiger charge is 2.36. The molecule has 0 spiro atoms. The summed E-state index contributed by atoms with van der Waals surface area (Å²) in [6.07, 6.45) is 8.69. The Kier molecular flexibility index (Phi) is 5.71. The number of aryl methyl sites for hydroxylation is 1. The molecule has 2 aliphatic rings. The number of ether oxygens (including phenoxy) is 1. The number of piperidine rings is 1. The number of pyridine rings is 1. The van der Waals surface area contributed by atoms with Crippen LogP contribution in [-0.2, 0) is 9.53 Å². The number of rotatable bonds is 4. The highest BCUT2D eigenvalue weighted by Crippen LogP contribution is 2.35. The van der Waals surface area contributed by atoms with Crippen molar-refractivity contribution in [3.63, 3.8) is 0 Å². The summed E-state index contributed by atoms with van der Waals surface area (Å²) in [4.78, 5) is 36.4. The zero-order valence-electron chi connectivity index (χ0n) is 16.1. The van der Waals surface area contributed by atoms with Gasteiger partial charge in [0.15, 0.2) is 6.61 Å². The molecule has 1 saturated heterocycles. The van der Waals surface area contributed by atoms with Gasteiger partial charge in [0.1, 0.15) is 9.88 Å². The lowest BCUT2D eigenvalue weighted by Gasteiger charge is -2.44. The van der Waals surface area contributed by atoms with Crippen molar-refractivity contribution in [1.29, 1.82) is 0 Å². The van der Waals surface area contributed by atoms with Crippen LogP contribution in [-0.4, -0.2) is 45.9 Å². The van der Waals surface area contributed by atoms with Crippen LogP contribution in [0, 0.1) is 12.8 Å². The average molecular weight is 400 g/mol. The standard InChI is InChI=1S/C21H25N3O3S/c1-14-19(28-20(23-14)16-9-4-5-11-22-16)21(26)27-13-18(25)24-12-6-8-15-7-2-3-10-17(15)24/h4-5,9,11,15,17H,2-3,6-8,10,12-13H2,1H3/t15-,17-/m0/s1. The van der Waals surface area contributed by atoms with E-state index in [-0.39, 0.29) is 12.5 Å². The monoisotopic (exact) mass is 399 g/mol. The van der Waals surface area contributed by atoms with E-state index in [0.29, 0.717) is 27.5 Å². The van der Waals surface area contributed by atoms with E-state index in [4.69, 9.17) is 4.74 Å². The summed E-state index contributed by atoms with van der Waals surface area (Å²) in [5.41, 5.74) is 1.33. The number of carbonyl (C=O) groups excluding carboxylic acids is 2. The van der Waals surface area contributed by atoms with Gasteiger partial charge >= 0.3 is 5.97 Å². The molecule has 2 fully saturated rings. The van der Waals surface area contributed by atoms with Crippen molar-refractivity contribution in [2.45, 2.75) is 51.5 Å². The van der Waals surface area contributed by atoms with E-state index in [1.165, 1.54) is 37.0 Å². The minimum atomic E-state index is -0.484. The molecule has 2 aromatic heterocycles. The molecule has 0 N–H and O–H groups in total. The molecule has 0 bridgehead atoms. The van der Waals surface area contributed by atoms with Crippen molar-refractivity contribution >= 4 is 23.2 Å². The van der Waals surface area contributed by atoms with Crippen molar-refractivity contribution in [1.82, 2.24) is 14.9 Å². The van der Waals surface area contributed by atoms with Crippen LogP contribution < -0.4 is 0 Å². The van der Waals surface area contributed by atoms with E-state index in [0.717, 1.165) is 25.1 Å². The van der Waals surface area contributed by atoms with Crippen LogP contribution >= 0.6 is 11.3 Å². The molecular formula is C21H25N3O3S. The highest BCUT2D eigenvalue weighted by molar-refractivity contribution is 7.17. The van der Waals surface area contributed by atoms with Crippen LogP contribution in [0.4, 0.5) is 0 Å². The SMILES string of the molecule is Cc1nc(-c2ccccn2)sc1C(=O)OCC(=O)N1CCC[C@@H]2CCCC[C@@H]21. The van der Waals surface area contributed by atoms with Crippen LogP contribution in [0.15, 0.2) is 24.4 Å². The zero-order chi connectivity index (χ0) is 19.5. The van der Waals surface area contributed by atoms with E-state index >= 15 is 0 Å². The summed E-state index contributed by atoms with van der Waals surface area (Å²) in [7, 11) is 0. The Morgan fingerprint density at radius 2 is 2.04 bits per heavy atom. The zero-order valence-corrected chi connectivity index (χ0v) is 16.9. The van der Waals surface area contributed by atoms with Crippen LogP contribution in [0.2, 0.25) is 0 Å². The minimum Gasteiger partial charge on any atom is -0.451 e. The molecule has 7 heteroatoms. The number of hydrogen-bond acceptors (Lipinski definition) is 6. The lowest BCUT2D eigenvalue weighted by molar-refractivity contribution is -0.140. The van der Waals surface area contributed by atoms with Gasteiger partial charge in [-0.05, 0) is 50.7 Å². The van der Waals surface area contributed by atoms with E-state index in [9.17, 15) is 9.59 Å². The first-order chi connectivity index (χ1) is 13.6. The predicted octanol–water partition coefficient (Wildman–Crippen LogP) is 3.85. The molecule has 28 heavy (non-hydrogen) atoms. The molecule has 1 amide bonds. The molecule has 0 unspecified atom stereocenters. The second-order valence-electron chi connectivity index (χ2n) is 7.57. The first kappa shape index (κ1) is 19.1. The van der Waals surface area contributed by atoms with Gasteiger partial charge in [-0.3, -0.25) is 9.78 Å². The molecule has 6 nitrogen and oxygen atoms in total. The molecular weight excluding hydrogens is 374 g/mol. The smallest absolute Gasteiger partial charge is 0.350 e. The third-order valence-corrected chi connectivity index (χ3v) is 6.92. The number of aromatic nitrogens is 2. The first-order valence-corrected chi connectivity index (χ1v) is 10.8. The van der Waals surface area contributed by atoms with Crippen molar-refractivity contribution in [2.24, 2.45) is 5.92 Å². The van der Waals surface area contributed by atoms with Crippen molar-refractivity contribution in [2.75, 3.05) is 13.2 Å². The maximum Gasteiger partial charge on any atom is 0.350 e. The summed E-state index contributed by atoms with van der Waals surface area (Å²) >= 11 is 1.25. The molecule has 1 saturated carbocycles. The fourth-order valence-electron chi connectivity index (χ4n) is 4.39. The number of fused-ring (bicyclic) bond motifs is 1. The maximum atomic E-state index is 12.7. The Balaban J connectivity index is 1.39.